The molecule has 0 unspecified atom stereocenters. The van der Waals surface area contributed by atoms with Gasteiger partial charge in [0.25, 0.3) is 0 Å². The van der Waals surface area contributed by atoms with Crippen LogP contribution in [0, 0.1) is 13.8 Å². The van der Waals surface area contributed by atoms with Crippen LogP contribution in [0.5, 0.6) is 0 Å². The van der Waals surface area contributed by atoms with Gasteiger partial charge in [-0.15, -0.1) is 0 Å². The summed E-state index contributed by atoms with van der Waals surface area (Å²) in [7, 11) is 0. The maximum Gasteiger partial charge on any atom is 0.164 e. The number of aryl methyl sites for hydroxylation is 2. The monoisotopic (exact) mass is 337 g/mol. The van der Waals surface area contributed by atoms with Crippen LogP contribution in [0.1, 0.15) is 11.1 Å². The van der Waals surface area contributed by atoms with Crippen molar-refractivity contribution in [3.8, 4) is 34.2 Å². The average Bonchev–Trinajstić information content (AvgIpc) is 2.68. The summed E-state index contributed by atoms with van der Waals surface area (Å²) in [5.41, 5.74) is 5.34. The third-order valence-electron chi connectivity index (χ3n) is 4.22. The molecule has 3 nitrogen and oxygen atoms in total. The van der Waals surface area contributed by atoms with E-state index >= 15 is 0 Å². The molecule has 0 amide bonds. The van der Waals surface area contributed by atoms with Gasteiger partial charge >= 0.3 is 0 Å². The molecule has 1 heterocycles. The third-order valence-corrected chi connectivity index (χ3v) is 4.22. The van der Waals surface area contributed by atoms with Gasteiger partial charge in [-0.1, -0.05) is 77.9 Å². The molecule has 0 aliphatic rings. The molecule has 4 rings (SSSR count). The van der Waals surface area contributed by atoms with Gasteiger partial charge in [0.15, 0.2) is 17.5 Å². The standard InChI is InChI=1S/C23H19N3/c1-16-8-6-12-19(14-16)22-24-21(18-10-4-3-5-11-18)25-23(26-22)20-13-7-9-17(2)15-20/h3-15H,1-2H3. The van der Waals surface area contributed by atoms with Crippen molar-refractivity contribution in [1.29, 1.82) is 0 Å². The molecule has 0 aliphatic carbocycles. The molecule has 0 saturated carbocycles. The van der Waals surface area contributed by atoms with Crippen molar-refractivity contribution < 1.29 is 0 Å². The number of rotatable bonds is 3. The first kappa shape index (κ1) is 16.2. The molecule has 126 valence electrons. The van der Waals surface area contributed by atoms with Gasteiger partial charge in [-0.2, -0.15) is 0 Å². The first-order chi connectivity index (χ1) is 12.7. The van der Waals surface area contributed by atoms with E-state index < -0.39 is 0 Å². The number of nitrogens with zero attached hydrogens (tertiary/aromatic N) is 3. The highest BCUT2D eigenvalue weighted by Gasteiger charge is 2.12. The van der Waals surface area contributed by atoms with Crippen LogP contribution in [-0.2, 0) is 0 Å². The van der Waals surface area contributed by atoms with Crippen molar-refractivity contribution in [2.24, 2.45) is 0 Å². The van der Waals surface area contributed by atoms with Crippen LogP contribution in [0.3, 0.4) is 0 Å². The van der Waals surface area contributed by atoms with E-state index in [-0.39, 0.29) is 0 Å². The highest BCUT2D eigenvalue weighted by atomic mass is 15.0. The Morgan fingerprint density at radius 1 is 0.462 bits per heavy atom. The van der Waals surface area contributed by atoms with E-state index in [9.17, 15) is 0 Å². The van der Waals surface area contributed by atoms with Gasteiger partial charge in [-0.3, -0.25) is 0 Å². The van der Waals surface area contributed by atoms with Crippen LogP contribution in [-0.4, -0.2) is 15.0 Å². The van der Waals surface area contributed by atoms with Crippen LogP contribution < -0.4 is 0 Å². The third kappa shape index (κ3) is 3.38. The molecular weight excluding hydrogens is 318 g/mol. The normalized spacial score (nSPS) is 10.7. The predicted molar refractivity (Wildman–Crippen MR) is 106 cm³/mol. The molecule has 3 heteroatoms. The quantitative estimate of drug-likeness (QED) is 0.496. The molecule has 0 saturated heterocycles. The summed E-state index contributed by atoms with van der Waals surface area (Å²) in [4.78, 5) is 14.2. The van der Waals surface area contributed by atoms with E-state index in [1.165, 1.54) is 11.1 Å². The van der Waals surface area contributed by atoms with Crippen LogP contribution in [0.25, 0.3) is 34.2 Å². The van der Waals surface area contributed by atoms with Gasteiger partial charge in [-0.25, -0.2) is 15.0 Å². The average molecular weight is 337 g/mol. The Bertz CT molecular complexity index is 992. The fourth-order valence-corrected chi connectivity index (χ4v) is 2.92. The van der Waals surface area contributed by atoms with Gasteiger partial charge in [0, 0.05) is 16.7 Å². The highest BCUT2D eigenvalue weighted by Crippen LogP contribution is 2.25. The summed E-state index contributed by atoms with van der Waals surface area (Å²) in [6.07, 6.45) is 0. The minimum absolute atomic E-state index is 0.689. The smallest absolute Gasteiger partial charge is 0.164 e. The first-order valence-electron chi connectivity index (χ1n) is 8.65. The van der Waals surface area contributed by atoms with Crippen LogP contribution in [0.2, 0.25) is 0 Å². The predicted octanol–water partition coefficient (Wildman–Crippen LogP) is 5.49. The van der Waals surface area contributed by atoms with Crippen molar-refractivity contribution in [1.82, 2.24) is 15.0 Å². The van der Waals surface area contributed by atoms with Gasteiger partial charge in [-0.05, 0) is 26.0 Å². The van der Waals surface area contributed by atoms with Gasteiger partial charge in [0.2, 0.25) is 0 Å². The molecule has 0 spiro atoms. The summed E-state index contributed by atoms with van der Waals surface area (Å²) in [6, 6.07) is 26.5. The van der Waals surface area contributed by atoms with Crippen LogP contribution >= 0.6 is 0 Å². The fourth-order valence-electron chi connectivity index (χ4n) is 2.92. The summed E-state index contributed by atoms with van der Waals surface area (Å²) >= 11 is 0. The highest BCUT2D eigenvalue weighted by molar-refractivity contribution is 5.66. The largest absolute Gasteiger partial charge is 0.208 e. The second-order valence-corrected chi connectivity index (χ2v) is 6.41. The van der Waals surface area contributed by atoms with Gasteiger partial charge in [0.1, 0.15) is 0 Å². The zero-order chi connectivity index (χ0) is 17.9. The van der Waals surface area contributed by atoms with Crippen molar-refractivity contribution in [2.45, 2.75) is 13.8 Å². The second-order valence-electron chi connectivity index (χ2n) is 6.41. The summed E-state index contributed by atoms with van der Waals surface area (Å²) in [5.74, 6) is 2.08. The molecule has 26 heavy (non-hydrogen) atoms. The lowest BCUT2D eigenvalue weighted by molar-refractivity contribution is 1.07. The van der Waals surface area contributed by atoms with Crippen molar-refractivity contribution in [2.75, 3.05) is 0 Å². The van der Waals surface area contributed by atoms with E-state index in [2.05, 4.69) is 38.1 Å². The number of hydrogen-bond acceptors (Lipinski definition) is 3. The maximum absolute atomic E-state index is 4.76. The number of benzene rings is 3. The van der Waals surface area contributed by atoms with Gasteiger partial charge < -0.3 is 0 Å². The Morgan fingerprint density at radius 2 is 0.885 bits per heavy atom. The molecule has 0 radical (unpaired) electrons. The van der Waals surface area contributed by atoms with Crippen LogP contribution in [0.4, 0.5) is 0 Å². The van der Waals surface area contributed by atoms with E-state index in [0.29, 0.717) is 17.5 Å². The molecule has 0 fully saturated rings. The lowest BCUT2D eigenvalue weighted by Crippen LogP contribution is -2.00. The second kappa shape index (κ2) is 6.89. The van der Waals surface area contributed by atoms with E-state index in [4.69, 9.17) is 15.0 Å². The Morgan fingerprint density at radius 3 is 1.35 bits per heavy atom. The zero-order valence-electron chi connectivity index (χ0n) is 14.8. The lowest BCUT2D eigenvalue weighted by atomic mass is 10.1. The van der Waals surface area contributed by atoms with Crippen molar-refractivity contribution in [3.63, 3.8) is 0 Å². The van der Waals surface area contributed by atoms with E-state index in [1.54, 1.807) is 0 Å². The molecule has 3 aromatic carbocycles. The topological polar surface area (TPSA) is 38.7 Å². The summed E-state index contributed by atoms with van der Waals surface area (Å²) in [5, 5.41) is 0. The SMILES string of the molecule is Cc1cccc(-c2nc(-c3ccccc3)nc(-c3cccc(C)c3)n2)c1. The first-order valence-corrected chi connectivity index (χ1v) is 8.65. The Kier molecular flexibility index (Phi) is 4.28. The Balaban J connectivity index is 1.93. The Labute approximate surface area is 153 Å². The van der Waals surface area contributed by atoms with E-state index in [0.717, 1.165) is 16.7 Å². The minimum Gasteiger partial charge on any atom is -0.208 e. The maximum atomic E-state index is 4.76. The van der Waals surface area contributed by atoms with Gasteiger partial charge in [0.05, 0.1) is 0 Å². The molecule has 4 aromatic rings. The molecule has 1 aromatic heterocycles. The minimum atomic E-state index is 0.689. The summed E-state index contributed by atoms with van der Waals surface area (Å²) < 4.78 is 0. The van der Waals surface area contributed by atoms with E-state index in [1.807, 2.05) is 54.6 Å². The molecule has 0 aliphatic heterocycles. The molecule has 0 N–H and O–H groups in total. The van der Waals surface area contributed by atoms with Crippen LogP contribution in [0.15, 0.2) is 78.9 Å². The zero-order valence-corrected chi connectivity index (χ0v) is 14.8. The Hall–Kier alpha value is -3.33. The number of hydrogen-bond donors (Lipinski definition) is 0. The van der Waals surface area contributed by atoms with Crippen molar-refractivity contribution in [3.05, 3.63) is 90.0 Å². The molecule has 0 atom stereocenters. The lowest BCUT2D eigenvalue weighted by Gasteiger charge is -2.09. The number of aromatic nitrogens is 3. The summed E-state index contributed by atoms with van der Waals surface area (Å²) in [6.45, 7) is 4.15. The fraction of sp³-hybridized carbons (Fsp3) is 0.0870. The molecule has 0 bridgehead atoms. The van der Waals surface area contributed by atoms with Crippen molar-refractivity contribution >= 4 is 0 Å². The molecular formula is C23H19N3.